The van der Waals surface area contributed by atoms with Gasteiger partial charge in [0.1, 0.15) is 5.75 Å². The maximum absolute atomic E-state index is 12.5. The van der Waals surface area contributed by atoms with Crippen molar-refractivity contribution in [1.82, 2.24) is 4.57 Å². The summed E-state index contributed by atoms with van der Waals surface area (Å²) in [7, 11) is 1.55. The van der Waals surface area contributed by atoms with E-state index in [1.165, 1.54) is 0 Å². The molecule has 0 bridgehead atoms. The molecule has 0 spiro atoms. The summed E-state index contributed by atoms with van der Waals surface area (Å²) in [6.07, 6.45) is 3.86. The Balaban J connectivity index is 1.87. The van der Waals surface area contributed by atoms with Gasteiger partial charge in [-0.2, -0.15) is 0 Å². The quantitative estimate of drug-likeness (QED) is 0.772. The number of aromatic nitrogens is 1. The lowest BCUT2D eigenvalue weighted by molar-refractivity contribution is 0.102. The zero-order valence-electron chi connectivity index (χ0n) is 12.5. The van der Waals surface area contributed by atoms with Gasteiger partial charge in [0.2, 0.25) is 0 Å². The molecule has 0 saturated carbocycles. The Bertz CT molecular complexity index is 829. The lowest BCUT2D eigenvalue weighted by Gasteiger charge is -2.11. The molecule has 0 atom stereocenters. The molecular weight excluding hydrogens is 312 g/mol. The second-order valence-corrected chi connectivity index (χ2v) is 5.38. The zero-order valence-corrected chi connectivity index (χ0v) is 13.2. The first kappa shape index (κ1) is 15.2. The number of anilines is 1. The van der Waals surface area contributed by atoms with Gasteiger partial charge in [-0.15, -0.1) is 0 Å². The van der Waals surface area contributed by atoms with Crippen molar-refractivity contribution >= 4 is 23.2 Å². The molecule has 0 aliphatic rings. The van der Waals surface area contributed by atoms with Crippen LogP contribution in [0.3, 0.4) is 0 Å². The van der Waals surface area contributed by atoms with Crippen LogP contribution in [0.2, 0.25) is 5.02 Å². The number of nitrogens with one attached hydrogen (secondary N) is 1. The van der Waals surface area contributed by atoms with E-state index in [0.29, 0.717) is 22.0 Å². The van der Waals surface area contributed by atoms with Crippen molar-refractivity contribution in [3.63, 3.8) is 0 Å². The van der Waals surface area contributed by atoms with Crippen LogP contribution in [0.25, 0.3) is 5.69 Å². The Morgan fingerprint density at radius 2 is 1.87 bits per heavy atom. The molecule has 3 aromatic rings. The molecule has 0 radical (unpaired) electrons. The Morgan fingerprint density at radius 1 is 1.09 bits per heavy atom. The van der Waals surface area contributed by atoms with Gasteiger partial charge in [-0.1, -0.05) is 17.7 Å². The molecule has 116 valence electrons. The summed E-state index contributed by atoms with van der Waals surface area (Å²) in [6, 6.07) is 16.3. The van der Waals surface area contributed by atoms with Gasteiger partial charge in [0.25, 0.3) is 5.91 Å². The average Bonchev–Trinajstić information content (AvgIpc) is 3.10. The van der Waals surface area contributed by atoms with Crippen LogP contribution in [0.5, 0.6) is 5.75 Å². The van der Waals surface area contributed by atoms with Crippen LogP contribution >= 0.6 is 11.6 Å². The summed E-state index contributed by atoms with van der Waals surface area (Å²) in [5.41, 5.74) is 2.01. The minimum atomic E-state index is -0.223. The lowest BCUT2D eigenvalue weighted by atomic mass is 10.1. The van der Waals surface area contributed by atoms with Gasteiger partial charge in [0.15, 0.2) is 0 Å². The number of carbonyl (C=O) groups is 1. The first-order valence-electron chi connectivity index (χ1n) is 7.05. The van der Waals surface area contributed by atoms with E-state index in [2.05, 4.69) is 5.32 Å². The number of amides is 1. The van der Waals surface area contributed by atoms with Crippen LogP contribution in [0.15, 0.2) is 67.0 Å². The van der Waals surface area contributed by atoms with Crippen LogP contribution in [-0.4, -0.2) is 17.6 Å². The molecule has 0 aliphatic heterocycles. The Morgan fingerprint density at radius 3 is 2.61 bits per heavy atom. The molecule has 4 nitrogen and oxygen atoms in total. The number of nitrogens with zero attached hydrogens (tertiary/aromatic N) is 1. The van der Waals surface area contributed by atoms with E-state index in [4.69, 9.17) is 16.3 Å². The normalized spacial score (nSPS) is 10.3. The fourth-order valence-corrected chi connectivity index (χ4v) is 2.46. The predicted octanol–water partition coefficient (Wildman–Crippen LogP) is 4.39. The predicted molar refractivity (Wildman–Crippen MR) is 91.7 cm³/mol. The molecule has 23 heavy (non-hydrogen) atoms. The van der Waals surface area contributed by atoms with E-state index in [9.17, 15) is 4.79 Å². The molecule has 1 aromatic heterocycles. The van der Waals surface area contributed by atoms with Crippen LogP contribution in [0.1, 0.15) is 10.4 Å². The van der Waals surface area contributed by atoms with Gasteiger partial charge in [0, 0.05) is 28.7 Å². The van der Waals surface area contributed by atoms with Crippen LogP contribution < -0.4 is 10.1 Å². The highest BCUT2D eigenvalue weighted by atomic mass is 35.5. The Kier molecular flexibility index (Phi) is 4.35. The van der Waals surface area contributed by atoms with Gasteiger partial charge in [-0.25, -0.2) is 0 Å². The Labute approximate surface area is 139 Å². The van der Waals surface area contributed by atoms with Gasteiger partial charge in [-0.05, 0) is 48.5 Å². The minimum absolute atomic E-state index is 0.223. The maximum Gasteiger partial charge on any atom is 0.255 e. The molecule has 3 rings (SSSR count). The second-order valence-electron chi connectivity index (χ2n) is 4.94. The first-order valence-corrected chi connectivity index (χ1v) is 7.43. The summed E-state index contributed by atoms with van der Waals surface area (Å²) in [5, 5.41) is 3.36. The molecule has 2 aromatic carbocycles. The van der Waals surface area contributed by atoms with E-state index in [-0.39, 0.29) is 5.91 Å². The summed E-state index contributed by atoms with van der Waals surface area (Å²) in [5.74, 6) is 0.337. The fraction of sp³-hybridized carbons (Fsp3) is 0.0556. The number of methoxy groups -OCH3 is 1. The topological polar surface area (TPSA) is 43.3 Å². The third kappa shape index (κ3) is 3.38. The molecule has 5 heteroatoms. The second kappa shape index (κ2) is 6.58. The van der Waals surface area contributed by atoms with Crippen LogP contribution in [0, 0.1) is 0 Å². The van der Waals surface area contributed by atoms with Gasteiger partial charge in [-0.3, -0.25) is 4.79 Å². The van der Waals surface area contributed by atoms with E-state index in [1.807, 2.05) is 47.3 Å². The molecule has 0 saturated heterocycles. The van der Waals surface area contributed by atoms with Gasteiger partial charge < -0.3 is 14.6 Å². The minimum Gasteiger partial charge on any atom is -0.495 e. The molecule has 1 N–H and O–H groups in total. The highest BCUT2D eigenvalue weighted by Gasteiger charge is 2.11. The van der Waals surface area contributed by atoms with Crippen molar-refractivity contribution in [3.8, 4) is 11.4 Å². The zero-order chi connectivity index (χ0) is 16.2. The van der Waals surface area contributed by atoms with Crippen molar-refractivity contribution in [2.45, 2.75) is 0 Å². The summed E-state index contributed by atoms with van der Waals surface area (Å²) < 4.78 is 7.18. The molecule has 1 heterocycles. The number of ether oxygens (including phenoxy) is 1. The number of benzene rings is 2. The van der Waals surface area contributed by atoms with E-state index < -0.39 is 0 Å². The van der Waals surface area contributed by atoms with Crippen molar-refractivity contribution in [2.24, 2.45) is 0 Å². The number of hydrogen-bond donors (Lipinski definition) is 1. The molecule has 0 unspecified atom stereocenters. The molecular formula is C18H15ClN2O2. The lowest BCUT2D eigenvalue weighted by Crippen LogP contribution is -2.13. The van der Waals surface area contributed by atoms with Crippen molar-refractivity contribution in [1.29, 1.82) is 0 Å². The van der Waals surface area contributed by atoms with E-state index in [1.54, 1.807) is 31.4 Å². The summed E-state index contributed by atoms with van der Waals surface area (Å²) in [4.78, 5) is 12.5. The van der Waals surface area contributed by atoms with Gasteiger partial charge in [0.05, 0.1) is 12.8 Å². The maximum atomic E-state index is 12.5. The van der Waals surface area contributed by atoms with E-state index in [0.717, 1.165) is 5.69 Å². The summed E-state index contributed by atoms with van der Waals surface area (Å²) >= 11 is 5.99. The number of carbonyl (C=O) groups excluding carboxylic acids is 1. The highest BCUT2D eigenvalue weighted by Crippen LogP contribution is 2.28. The molecule has 0 aliphatic carbocycles. The van der Waals surface area contributed by atoms with Crippen molar-refractivity contribution < 1.29 is 9.53 Å². The van der Waals surface area contributed by atoms with Crippen molar-refractivity contribution in [2.75, 3.05) is 12.4 Å². The number of halogens is 1. The SMILES string of the molecule is COc1ccc(Cl)cc1NC(=O)c1cccc(-n2cccc2)c1. The first-order chi connectivity index (χ1) is 11.2. The largest absolute Gasteiger partial charge is 0.495 e. The van der Waals surface area contributed by atoms with E-state index >= 15 is 0 Å². The Hall–Kier alpha value is -2.72. The number of rotatable bonds is 4. The van der Waals surface area contributed by atoms with Crippen LogP contribution in [-0.2, 0) is 0 Å². The number of hydrogen-bond acceptors (Lipinski definition) is 2. The average molecular weight is 327 g/mol. The fourth-order valence-electron chi connectivity index (χ4n) is 2.29. The van der Waals surface area contributed by atoms with Crippen molar-refractivity contribution in [3.05, 3.63) is 77.6 Å². The monoisotopic (exact) mass is 326 g/mol. The smallest absolute Gasteiger partial charge is 0.255 e. The third-order valence-electron chi connectivity index (χ3n) is 3.42. The summed E-state index contributed by atoms with van der Waals surface area (Å²) in [6.45, 7) is 0. The standard InChI is InChI=1S/C18H15ClN2O2/c1-23-17-8-7-14(19)12-16(17)20-18(22)13-5-4-6-15(11-13)21-9-2-3-10-21/h2-12H,1H3,(H,20,22). The highest BCUT2D eigenvalue weighted by molar-refractivity contribution is 6.31. The van der Waals surface area contributed by atoms with Crippen LogP contribution in [0.4, 0.5) is 5.69 Å². The molecule has 1 amide bonds. The molecule has 0 fully saturated rings. The van der Waals surface area contributed by atoms with Gasteiger partial charge >= 0.3 is 0 Å². The third-order valence-corrected chi connectivity index (χ3v) is 3.66.